The van der Waals surface area contributed by atoms with E-state index in [1.807, 2.05) is 13.8 Å². The highest BCUT2D eigenvalue weighted by atomic mass is 32.7. The first kappa shape index (κ1) is 22.8. The van der Waals surface area contributed by atoms with E-state index < -0.39 is 11.8 Å². The molecule has 6 nitrogen and oxygen atoms in total. The van der Waals surface area contributed by atoms with Crippen molar-refractivity contribution in [3.8, 4) is 0 Å². The van der Waals surface area contributed by atoms with Crippen LogP contribution in [-0.4, -0.2) is 64.6 Å². The lowest BCUT2D eigenvalue weighted by atomic mass is 10.0. The Morgan fingerprint density at radius 1 is 1.04 bits per heavy atom. The predicted octanol–water partition coefficient (Wildman–Crippen LogP) is 2.87. The summed E-state index contributed by atoms with van der Waals surface area (Å²) < 4.78 is 0. The molecule has 8 heteroatoms. The fourth-order valence-corrected chi connectivity index (χ4v) is 8.21. The largest absolute Gasteiger partial charge is 0.280 e. The Labute approximate surface area is 161 Å². The number of carbonyl (C=O) groups is 4. The maximum atomic E-state index is 12.5. The Bertz CT molecular complexity index is 582. The summed E-state index contributed by atoms with van der Waals surface area (Å²) in [6.07, 6.45) is 3.63. The molecule has 2 heterocycles. The molecule has 1 saturated heterocycles. The number of nitrogens with zero attached hydrogens (tertiary/aromatic N) is 2. The summed E-state index contributed by atoms with van der Waals surface area (Å²) in [4.78, 5) is 49.9. The van der Waals surface area contributed by atoms with Gasteiger partial charge in [-0.05, 0) is 25.4 Å². The minimum absolute atomic E-state index is 0.0579. The van der Waals surface area contributed by atoms with Gasteiger partial charge in [0.25, 0.3) is 11.8 Å². The molecule has 0 spiro atoms. The summed E-state index contributed by atoms with van der Waals surface area (Å²) in [6, 6.07) is 0. The van der Waals surface area contributed by atoms with Gasteiger partial charge < -0.3 is 0 Å². The second-order valence-electron chi connectivity index (χ2n) is 7.19. The Kier molecular flexibility index (Phi) is 8.48. The first-order chi connectivity index (χ1) is 12.1. The lowest BCUT2D eigenvalue weighted by Crippen LogP contribution is -2.41. The number of imide groups is 2. The number of likely N-dealkylation sites (tertiary alicyclic amines) is 1. The molecule has 4 amide bonds. The van der Waals surface area contributed by atoms with E-state index in [1.54, 1.807) is 11.4 Å². The van der Waals surface area contributed by atoms with Crippen LogP contribution in [0.5, 0.6) is 0 Å². The van der Waals surface area contributed by atoms with Crippen molar-refractivity contribution in [2.24, 2.45) is 5.41 Å². The van der Waals surface area contributed by atoms with Crippen LogP contribution in [0.1, 0.15) is 41.0 Å². The Balaban J connectivity index is 0.00000163. The van der Waals surface area contributed by atoms with Crippen LogP contribution in [0.4, 0.5) is 0 Å². The van der Waals surface area contributed by atoms with Crippen molar-refractivity contribution in [1.82, 2.24) is 9.80 Å². The molecule has 0 bridgehead atoms. The Morgan fingerprint density at radius 2 is 1.54 bits per heavy atom. The van der Waals surface area contributed by atoms with Crippen molar-refractivity contribution in [3.05, 3.63) is 12.2 Å². The van der Waals surface area contributed by atoms with E-state index in [-0.39, 0.29) is 49.1 Å². The number of rotatable bonds is 6. The molecule has 0 aromatic heterocycles. The van der Waals surface area contributed by atoms with E-state index >= 15 is 0 Å². The van der Waals surface area contributed by atoms with E-state index in [1.165, 1.54) is 17.1 Å². The first-order valence-electron chi connectivity index (χ1n) is 8.84. The third-order valence-corrected chi connectivity index (χ3v) is 8.26. The van der Waals surface area contributed by atoms with Crippen molar-refractivity contribution in [2.75, 3.05) is 25.9 Å². The standard InChI is InChI=1S/C16H23N2O4PS.C2H6/c1-16(2,3)10-23(4)24-11-9-14(21)18(15(11)22)8-7-17-12(19)5-6-13(17)20;1-2/h5-6,11H,7-10H2,1-4H3;1-2H3. The molecular formula is C18H29N2O4PS. The maximum absolute atomic E-state index is 12.5. The molecule has 2 aliphatic rings. The molecule has 0 aromatic carbocycles. The zero-order chi connectivity index (χ0) is 20.1. The van der Waals surface area contributed by atoms with E-state index in [0.29, 0.717) is 0 Å². The molecule has 146 valence electrons. The van der Waals surface area contributed by atoms with Crippen LogP contribution < -0.4 is 0 Å². The predicted molar refractivity (Wildman–Crippen MR) is 107 cm³/mol. The minimum atomic E-state index is -0.396. The molecule has 2 atom stereocenters. The van der Waals surface area contributed by atoms with Crippen LogP contribution >= 0.6 is 18.5 Å². The first-order valence-corrected chi connectivity index (χ1v) is 12.3. The minimum Gasteiger partial charge on any atom is -0.280 e. The highest BCUT2D eigenvalue weighted by molar-refractivity contribution is 8.56. The lowest BCUT2D eigenvalue weighted by Gasteiger charge is -2.24. The molecular weight excluding hydrogens is 371 g/mol. The van der Waals surface area contributed by atoms with Gasteiger partial charge in [-0.25, -0.2) is 0 Å². The summed E-state index contributed by atoms with van der Waals surface area (Å²) in [5.41, 5.74) is 0.197. The zero-order valence-electron chi connectivity index (χ0n) is 16.4. The van der Waals surface area contributed by atoms with E-state index in [2.05, 4.69) is 27.4 Å². The van der Waals surface area contributed by atoms with E-state index in [9.17, 15) is 19.2 Å². The fraction of sp³-hybridized carbons (Fsp3) is 0.667. The highest BCUT2D eigenvalue weighted by Crippen LogP contribution is 2.54. The Hall–Kier alpha value is -1.20. The third-order valence-electron chi connectivity index (χ3n) is 3.65. The highest BCUT2D eigenvalue weighted by Gasteiger charge is 2.40. The molecule has 2 unspecified atom stereocenters. The van der Waals surface area contributed by atoms with Crippen molar-refractivity contribution >= 4 is 42.1 Å². The van der Waals surface area contributed by atoms with Crippen LogP contribution in [0, 0.1) is 5.41 Å². The van der Waals surface area contributed by atoms with Gasteiger partial charge in [-0.3, -0.25) is 29.0 Å². The van der Waals surface area contributed by atoms with Crippen LogP contribution in [0.3, 0.4) is 0 Å². The smallest absolute Gasteiger partial charge is 0.253 e. The van der Waals surface area contributed by atoms with Gasteiger partial charge >= 0.3 is 0 Å². The van der Waals surface area contributed by atoms with Crippen molar-refractivity contribution in [3.63, 3.8) is 0 Å². The fourth-order valence-electron chi connectivity index (χ4n) is 2.74. The average molecular weight is 400 g/mol. The summed E-state index contributed by atoms with van der Waals surface area (Å²) in [6.45, 7) is 12.8. The molecule has 26 heavy (non-hydrogen) atoms. The van der Waals surface area contributed by atoms with Gasteiger partial charge in [0, 0.05) is 31.7 Å². The normalized spacial score (nSPS) is 21.4. The van der Waals surface area contributed by atoms with Gasteiger partial charge in [0.15, 0.2) is 0 Å². The van der Waals surface area contributed by atoms with Crippen LogP contribution in [0.25, 0.3) is 0 Å². The quantitative estimate of drug-likeness (QED) is 0.506. The molecule has 0 aliphatic carbocycles. The molecule has 0 radical (unpaired) electrons. The van der Waals surface area contributed by atoms with Gasteiger partial charge in [-0.15, -0.1) is 11.4 Å². The lowest BCUT2D eigenvalue weighted by molar-refractivity contribution is -0.142. The second-order valence-corrected chi connectivity index (χ2v) is 12.0. The maximum Gasteiger partial charge on any atom is 0.253 e. The molecule has 0 saturated carbocycles. The van der Waals surface area contributed by atoms with E-state index in [0.717, 1.165) is 11.1 Å². The SMILES string of the molecule is CC.CP(CC(C)(C)C)SC1CC(=O)N(CCN2C(=O)C=CC2=O)C1=O. The van der Waals surface area contributed by atoms with Gasteiger partial charge in [0.1, 0.15) is 0 Å². The molecule has 0 aromatic rings. The van der Waals surface area contributed by atoms with Gasteiger partial charge in [-0.1, -0.05) is 34.6 Å². The summed E-state index contributed by atoms with van der Waals surface area (Å²) in [7, 11) is -0.388. The number of hydrogen-bond donors (Lipinski definition) is 0. The molecule has 1 fully saturated rings. The van der Waals surface area contributed by atoms with Crippen LogP contribution in [0.15, 0.2) is 12.2 Å². The number of amides is 4. The van der Waals surface area contributed by atoms with Crippen molar-refractivity contribution < 1.29 is 19.2 Å². The van der Waals surface area contributed by atoms with E-state index in [4.69, 9.17) is 0 Å². The number of hydrogen-bond acceptors (Lipinski definition) is 5. The zero-order valence-corrected chi connectivity index (χ0v) is 18.2. The van der Waals surface area contributed by atoms with Gasteiger partial charge in [0.2, 0.25) is 11.8 Å². The summed E-state index contributed by atoms with van der Waals surface area (Å²) in [5.74, 6) is -1.21. The monoisotopic (exact) mass is 400 g/mol. The third kappa shape index (κ3) is 6.20. The topological polar surface area (TPSA) is 74.8 Å². The molecule has 2 rings (SSSR count). The summed E-state index contributed by atoms with van der Waals surface area (Å²) >= 11 is 1.60. The van der Waals surface area contributed by atoms with Gasteiger partial charge in [-0.2, -0.15) is 0 Å². The second kappa shape index (κ2) is 9.65. The molecule has 0 N–H and O–H groups in total. The number of carbonyl (C=O) groups excluding carboxylic acids is 4. The van der Waals surface area contributed by atoms with Crippen molar-refractivity contribution in [1.29, 1.82) is 0 Å². The molecule has 2 aliphatic heterocycles. The van der Waals surface area contributed by atoms with Crippen LogP contribution in [-0.2, 0) is 19.2 Å². The Morgan fingerprint density at radius 3 is 2.04 bits per heavy atom. The van der Waals surface area contributed by atoms with Crippen molar-refractivity contribution in [2.45, 2.75) is 46.3 Å². The van der Waals surface area contributed by atoms with Crippen LogP contribution in [0.2, 0.25) is 0 Å². The van der Waals surface area contributed by atoms with Gasteiger partial charge in [0.05, 0.1) is 5.25 Å². The summed E-state index contributed by atoms with van der Waals surface area (Å²) in [5, 5.41) is -0.334. The average Bonchev–Trinajstić information content (AvgIpc) is 2.98.